The summed E-state index contributed by atoms with van der Waals surface area (Å²) >= 11 is 0. The number of ether oxygens (including phenoxy) is 1. The molecule has 1 heterocycles. The largest absolute Gasteiger partial charge is 0.496 e. The fraction of sp³-hybridized carbons (Fsp3) is 0.391. The van der Waals surface area contributed by atoms with Crippen LogP contribution >= 0.6 is 0 Å². The first-order valence-corrected chi connectivity index (χ1v) is 9.46. The van der Waals surface area contributed by atoms with Crippen molar-refractivity contribution in [1.29, 1.82) is 0 Å². The molecular weight excluding hydrogens is 320 g/mol. The van der Waals surface area contributed by atoms with Crippen molar-refractivity contribution in [2.45, 2.75) is 20.4 Å². The second-order valence-corrected chi connectivity index (χ2v) is 7.07. The van der Waals surface area contributed by atoms with E-state index in [4.69, 9.17) is 4.74 Å². The van der Waals surface area contributed by atoms with Gasteiger partial charge in [0.15, 0.2) is 0 Å². The molecule has 0 saturated carbocycles. The Kier molecular flexibility index (Phi) is 6.48. The number of hydrogen-bond donors (Lipinski definition) is 0. The van der Waals surface area contributed by atoms with Crippen LogP contribution in [0.1, 0.15) is 22.3 Å². The maximum Gasteiger partial charge on any atom is 0.122 e. The SMILES string of the molecule is COc1ccc(CN2CCN(C/C=C/c3ccccc3)CC2)c(C)c1C. The van der Waals surface area contributed by atoms with E-state index >= 15 is 0 Å². The lowest BCUT2D eigenvalue weighted by atomic mass is 10.0. The third-order valence-corrected chi connectivity index (χ3v) is 5.40. The monoisotopic (exact) mass is 350 g/mol. The van der Waals surface area contributed by atoms with Crippen molar-refractivity contribution >= 4 is 6.08 Å². The first kappa shape index (κ1) is 18.7. The lowest BCUT2D eigenvalue weighted by molar-refractivity contribution is 0.137. The zero-order valence-electron chi connectivity index (χ0n) is 16.2. The molecule has 0 bridgehead atoms. The van der Waals surface area contributed by atoms with Gasteiger partial charge in [0.2, 0.25) is 0 Å². The molecule has 0 atom stereocenters. The lowest BCUT2D eigenvalue weighted by Gasteiger charge is -2.34. The van der Waals surface area contributed by atoms with Crippen LogP contribution in [0.15, 0.2) is 48.5 Å². The molecule has 0 radical (unpaired) electrons. The lowest BCUT2D eigenvalue weighted by Crippen LogP contribution is -2.45. The topological polar surface area (TPSA) is 15.7 Å². The van der Waals surface area contributed by atoms with E-state index in [1.54, 1.807) is 7.11 Å². The maximum atomic E-state index is 5.43. The highest BCUT2D eigenvalue weighted by Crippen LogP contribution is 2.25. The number of rotatable bonds is 6. The van der Waals surface area contributed by atoms with Gasteiger partial charge in [-0.2, -0.15) is 0 Å². The van der Waals surface area contributed by atoms with Crippen molar-refractivity contribution in [3.8, 4) is 5.75 Å². The molecule has 0 aliphatic carbocycles. The molecule has 3 heteroatoms. The van der Waals surface area contributed by atoms with Crippen LogP contribution in [-0.4, -0.2) is 49.6 Å². The first-order chi connectivity index (χ1) is 12.7. The van der Waals surface area contributed by atoms with Crippen LogP contribution in [0.3, 0.4) is 0 Å². The van der Waals surface area contributed by atoms with E-state index < -0.39 is 0 Å². The second kappa shape index (κ2) is 9.02. The van der Waals surface area contributed by atoms with E-state index in [1.807, 2.05) is 0 Å². The molecule has 3 nitrogen and oxygen atoms in total. The normalized spacial score (nSPS) is 16.3. The molecule has 0 amide bonds. The number of benzene rings is 2. The highest BCUT2D eigenvalue weighted by atomic mass is 16.5. The average Bonchev–Trinajstić information content (AvgIpc) is 2.68. The Bertz CT molecular complexity index is 731. The molecule has 1 aliphatic heterocycles. The number of methoxy groups -OCH3 is 1. The van der Waals surface area contributed by atoms with Gasteiger partial charge in [-0.25, -0.2) is 0 Å². The van der Waals surface area contributed by atoms with Crippen LogP contribution in [0.2, 0.25) is 0 Å². The second-order valence-electron chi connectivity index (χ2n) is 7.07. The van der Waals surface area contributed by atoms with Crippen molar-refractivity contribution in [2.75, 3.05) is 39.8 Å². The summed E-state index contributed by atoms with van der Waals surface area (Å²) in [6.07, 6.45) is 4.50. The summed E-state index contributed by atoms with van der Waals surface area (Å²) in [5.74, 6) is 0.987. The molecule has 2 aromatic rings. The predicted octanol–water partition coefficient (Wildman–Crippen LogP) is 4.14. The molecule has 0 aromatic heterocycles. The summed E-state index contributed by atoms with van der Waals surface area (Å²) in [4.78, 5) is 5.09. The number of hydrogen-bond acceptors (Lipinski definition) is 3. The molecule has 138 valence electrons. The molecule has 1 fully saturated rings. The maximum absolute atomic E-state index is 5.43. The highest BCUT2D eigenvalue weighted by molar-refractivity contribution is 5.48. The van der Waals surface area contributed by atoms with Gasteiger partial charge in [-0.05, 0) is 42.2 Å². The van der Waals surface area contributed by atoms with Gasteiger partial charge in [0.05, 0.1) is 7.11 Å². The van der Waals surface area contributed by atoms with Crippen molar-refractivity contribution in [1.82, 2.24) is 9.80 Å². The fourth-order valence-corrected chi connectivity index (χ4v) is 3.52. The minimum absolute atomic E-state index is 0.987. The van der Waals surface area contributed by atoms with Gasteiger partial charge in [0.25, 0.3) is 0 Å². The van der Waals surface area contributed by atoms with E-state index in [2.05, 4.69) is 78.3 Å². The number of nitrogens with zero attached hydrogens (tertiary/aromatic N) is 2. The average molecular weight is 351 g/mol. The van der Waals surface area contributed by atoms with E-state index in [9.17, 15) is 0 Å². The molecule has 1 aliphatic rings. The van der Waals surface area contributed by atoms with Gasteiger partial charge in [-0.1, -0.05) is 48.6 Å². The molecule has 0 unspecified atom stereocenters. The van der Waals surface area contributed by atoms with Crippen LogP contribution in [0, 0.1) is 13.8 Å². The smallest absolute Gasteiger partial charge is 0.122 e. The molecule has 1 saturated heterocycles. The van der Waals surface area contributed by atoms with Crippen molar-refractivity contribution in [3.05, 3.63) is 70.8 Å². The summed E-state index contributed by atoms with van der Waals surface area (Å²) in [5, 5.41) is 0. The zero-order chi connectivity index (χ0) is 18.4. The molecule has 2 aromatic carbocycles. The Morgan fingerprint density at radius 2 is 1.58 bits per heavy atom. The van der Waals surface area contributed by atoms with Gasteiger partial charge >= 0.3 is 0 Å². The van der Waals surface area contributed by atoms with Crippen molar-refractivity contribution in [3.63, 3.8) is 0 Å². The molecule has 0 spiro atoms. The summed E-state index contributed by atoms with van der Waals surface area (Å²) in [6.45, 7) is 10.9. The molecule has 26 heavy (non-hydrogen) atoms. The van der Waals surface area contributed by atoms with Crippen molar-refractivity contribution < 1.29 is 4.74 Å². The van der Waals surface area contributed by atoms with E-state index in [0.29, 0.717) is 0 Å². The van der Waals surface area contributed by atoms with E-state index in [-0.39, 0.29) is 0 Å². The molecule has 3 rings (SSSR count). The minimum atomic E-state index is 0.987. The Hall–Kier alpha value is -2.10. The van der Waals surface area contributed by atoms with Gasteiger partial charge in [-0.3, -0.25) is 9.80 Å². The third kappa shape index (κ3) is 4.75. The van der Waals surface area contributed by atoms with Gasteiger partial charge in [-0.15, -0.1) is 0 Å². The Morgan fingerprint density at radius 1 is 0.885 bits per heavy atom. The van der Waals surface area contributed by atoms with E-state index in [0.717, 1.165) is 45.0 Å². The fourth-order valence-electron chi connectivity index (χ4n) is 3.52. The van der Waals surface area contributed by atoms with Crippen LogP contribution < -0.4 is 4.74 Å². The summed E-state index contributed by atoms with van der Waals surface area (Å²) in [7, 11) is 1.74. The van der Waals surface area contributed by atoms with E-state index in [1.165, 1.54) is 22.3 Å². The molecular formula is C23H30N2O. The van der Waals surface area contributed by atoms with Crippen molar-refractivity contribution in [2.24, 2.45) is 0 Å². The van der Waals surface area contributed by atoms with Crippen LogP contribution in [-0.2, 0) is 6.54 Å². The quantitative estimate of drug-likeness (QED) is 0.779. The third-order valence-electron chi connectivity index (χ3n) is 5.40. The van der Waals surface area contributed by atoms with Crippen LogP contribution in [0.5, 0.6) is 5.75 Å². The van der Waals surface area contributed by atoms with Gasteiger partial charge < -0.3 is 4.74 Å². The Morgan fingerprint density at radius 3 is 2.27 bits per heavy atom. The standard InChI is InChI=1S/C23H30N2O/c1-19-20(2)23(26-3)12-11-22(19)18-25-16-14-24(15-17-25)13-7-10-21-8-5-4-6-9-21/h4-12H,13-18H2,1-3H3/b10-7+. The molecule has 0 N–H and O–H groups in total. The zero-order valence-corrected chi connectivity index (χ0v) is 16.2. The predicted molar refractivity (Wildman–Crippen MR) is 110 cm³/mol. The highest BCUT2D eigenvalue weighted by Gasteiger charge is 2.17. The summed E-state index contributed by atoms with van der Waals surface area (Å²) < 4.78 is 5.43. The summed E-state index contributed by atoms with van der Waals surface area (Å²) in [6, 6.07) is 14.8. The minimum Gasteiger partial charge on any atom is -0.496 e. The Labute approximate surface area is 157 Å². The van der Waals surface area contributed by atoms with Crippen LogP contribution in [0.4, 0.5) is 0 Å². The Balaban J connectivity index is 1.48. The van der Waals surface area contributed by atoms with Gasteiger partial charge in [0.1, 0.15) is 5.75 Å². The first-order valence-electron chi connectivity index (χ1n) is 9.46. The van der Waals surface area contributed by atoms with Gasteiger partial charge in [0, 0.05) is 39.3 Å². The van der Waals surface area contributed by atoms with Crippen LogP contribution in [0.25, 0.3) is 6.08 Å². The number of piperazine rings is 1. The summed E-state index contributed by atoms with van der Waals surface area (Å²) in [5.41, 5.74) is 5.31.